The number of carbonyl (C=O) groups excluding carboxylic acids is 2. The quantitative estimate of drug-likeness (QED) is 0.650. The molecule has 1 aliphatic heterocycles. The van der Waals surface area contributed by atoms with Gasteiger partial charge in [-0.15, -0.1) is 0 Å². The SMILES string of the molecule is CC(C)CN(C(=O)COC(=O)c1ccc(Br)o1)C1CCS(=O)(=O)C1. The second kappa shape index (κ2) is 7.69. The topological polar surface area (TPSA) is 93.9 Å². The van der Waals surface area contributed by atoms with Gasteiger partial charge in [0.2, 0.25) is 5.76 Å². The Morgan fingerprint density at radius 1 is 1.42 bits per heavy atom. The zero-order valence-corrected chi connectivity index (χ0v) is 15.9. The van der Waals surface area contributed by atoms with Crippen molar-refractivity contribution in [1.29, 1.82) is 0 Å². The molecular weight excluding hydrogens is 402 g/mol. The number of hydrogen-bond acceptors (Lipinski definition) is 6. The Balaban J connectivity index is 1.98. The van der Waals surface area contributed by atoms with E-state index in [0.717, 1.165) is 0 Å². The molecule has 1 saturated heterocycles. The van der Waals surface area contributed by atoms with Crippen molar-refractivity contribution >= 4 is 37.6 Å². The molecule has 0 spiro atoms. The van der Waals surface area contributed by atoms with Crippen LogP contribution in [-0.4, -0.2) is 55.9 Å². The van der Waals surface area contributed by atoms with E-state index >= 15 is 0 Å². The summed E-state index contributed by atoms with van der Waals surface area (Å²) in [6.07, 6.45) is 0.417. The molecule has 1 fully saturated rings. The molecule has 2 heterocycles. The van der Waals surface area contributed by atoms with Gasteiger partial charge in [0.05, 0.1) is 11.5 Å². The molecule has 1 amide bonds. The summed E-state index contributed by atoms with van der Waals surface area (Å²) in [7, 11) is -3.10. The van der Waals surface area contributed by atoms with E-state index in [1.165, 1.54) is 11.0 Å². The molecule has 7 nitrogen and oxygen atoms in total. The van der Waals surface area contributed by atoms with Crippen molar-refractivity contribution in [3.05, 3.63) is 22.6 Å². The summed E-state index contributed by atoms with van der Waals surface area (Å²) in [4.78, 5) is 25.8. The molecule has 1 aromatic heterocycles. The third kappa shape index (κ3) is 5.07. The Labute approximate surface area is 149 Å². The van der Waals surface area contributed by atoms with Crippen LogP contribution in [0.2, 0.25) is 0 Å². The number of ether oxygens (including phenoxy) is 1. The van der Waals surface area contributed by atoms with Gasteiger partial charge in [0.25, 0.3) is 5.91 Å². The van der Waals surface area contributed by atoms with Crippen molar-refractivity contribution in [2.75, 3.05) is 24.7 Å². The summed E-state index contributed by atoms with van der Waals surface area (Å²) in [5.41, 5.74) is 0. The molecule has 1 aliphatic rings. The average Bonchev–Trinajstić information content (AvgIpc) is 3.07. The van der Waals surface area contributed by atoms with Gasteiger partial charge in [0.15, 0.2) is 21.1 Å². The van der Waals surface area contributed by atoms with Gasteiger partial charge in [-0.3, -0.25) is 4.79 Å². The van der Waals surface area contributed by atoms with Crippen molar-refractivity contribution in [1.82, 2.24) is 4.90 Å². The molecule has 0 aromatic carbocycles. The molecule has 24 heavy (non-hydrogen) atoms. The van der Waals surface area contributed by atoms with Gasteiger partial charge < -0.3 is 14.1 Å². The van der Waals surface area contributed by atoms with Crippen LogP contribution in [0.5, 0.6) is 0 Å². The van der Waals surface area contributed by atoms with Crippen molar-refractivity contribution in [3.63, 3.8) is 0 Å². The monoisotopic (exact) mass is 421 g/mol. The predicted octanol–water partition coefficient (Wildman–Crippen LogP) is 1.87. The summed E-state index contributed by atoms with van der Waals surface area (Å²) in [5.74, 6) is -0.922. The van der Waals surface area contributed by atoms with Crippen molar-refractivity contribution in [2.24, 2.45) is 5.92 Å². The zero-order valence-electron chi connectivity index (χ0n) is 13.5. The minimum absolute atomic E-state index is 0.00599. The molecule has 0 saturated carbocycles. The number of esters is 1. The number of nitrogens with zero attached hydrogens (tertiary/aromatic N) is 1. The third-order valence-corrected chi connectivity index (χ3v) is 5.81. The highest BCUT2D eigenvalue weighted by molar-refractivity contribution is 9.10. The fourth-order valence-electron chi connectivity index (χ4n) is 2.57. The van der Waals surface area contributed by atoms with Crippen LogP contribution in [0.3, 0.4) is 0 Å². The number of hydrogen-bond donors (Lipinski definition) is 0. The van der Waals surface area contributed by atoms with Gasteiger partial charge in [-0.1, -0.05) is 13.8 Å². The summed E-state index contributed by atoms with van der Waals surface area (Å²) < 4.78 is 33.8. The summed E-state index contributed by atoms with van der Waals surface area (Å²) >= 11 is 3.08. The van der Waals surface area contributed by atoms with E-state index in [-0.39, 0.29) is 29.2 Å². The number of amides is 1. The van der Waals surface area contributed by atoms with E-state index < -0.39 is 28.3 Å². The first-order valence-corrected chi connectivity index (χ1v) is 10.2. The smallest absolute Gasteiger partial charge is 0.374 e. The molecule has 0 N–H and O–H groups in total. The van der Waals surface area contributed by atoms with Crippen LogP contribution >= 0.6 is 15.9 Å². The normalized spacial score (nSPS) is 19.4. The maximum Gasteiger partial charge on any atom is 0.374 e. The zero-order chi connectivity index (χ0) is 17.9. The highest BCUT2D eigenvalue weighted by Crippen LogP contribution is 2.20. The Hall–Kier alpha value is -1.35. The Bertz CT molecular complexity index is 711. The molecule has 9 heteroatoms. The van der Waals surface area contributed by atoms with Gasteiger partial charge >= 0.3 is 5.97 Å². The van der Waals surface area contributed by atoms with Gasteiger partial charge in [0, 0.05) is 12.6 Å². The first-order chi connectivity index (χ1) is 11.2. The fraction of sp³-hybridized carbons (Fsp3) is 0.600. The second-order valence-corrected chi connectivity index (χ2v) is 9.19. The standard InChI is InChI=1S/C15H20BrNO6S/c1-10(2)7-17(11-5-6-24(20,21)9-11)14(18)8-22-15(19)12-3-4-13(16)23-12/h3-4,10-11H,5-9H2,1-2H3. The largest absolute Gasteiger partial charge is 0.450 e. The molecule has 0 bridgehead atoms. The molecule has 0 aliphatic carbocycles. The summed E-state index contributed by atoms with van der Waals surface area (Å²) in [6.45, 7) is 3.86. The first-order valence-electron chi connectivity index (χ1n) is 7.60. The number of furan rings is 1. The maximum atomic E-state index is 12.4. The fourth-order valence-corrected chi connectivity index (χ4v) is 4.61. The van der Waals surface area contributed by atoms with E-state index in [9.17, 15) is 18.0 Å². The molecular formula is C15H20BrNO6S. The van der Waals surface area contributed by atoms with E-state index in [2.05, 4.69) is 15.9 Å². The number of halogens is 1. The van der Waals surface area contributed by atoms with Crippen molar-refractivity contribution in [2.45, 2.75) is 26.3 Å². The van der Waals surface area contributed by atoms with Crippen molar-refractivity contribution < 1.29 is 27.2 Å². The van der Waals surface area contributed by atoms with Crippen LogP contribution < -0.4 is 0 Å². The van der Waals surface area contributed by atoms with Crippen LogP contribution in [0.25, 0.3) is 0 Å². The molecule has 134 valence electrons. The van der Waals surface area contributed by atoms with Gasteiger partial charge in [-0.2, -0.15) is 0 Å². The van der Waals surface area contributed by atoms with Gasteiger partial charge in [-0.05, 0) is 40.4 Å². The third-order valence-electron chi connectivity index (χ3n) is 3.63. The Kier molecular flexibility index (Phi) is 6.08. The number of sulfone groups is 1. The maximum absolute atomic E-state index is 12.4. The minimum Gasteiger partial charge on any atom is -0.450 e. The lowest BCUT2D eigenvalue weighted by Gasteiger charge is -2.29. The summed E-state index contributed by atoms with van der Waals surface area (Å²) in [5, 5.41) is 0. The van der Waals surface area contributed by atoms with Crippen LogP contribution in [0, 0.1) is 5.92 Å². The second-order valence-electron chi connectivity index (χ2n) is 6.18. The molecule has 0 radical (unpaired) electrons. The molecule has 2 rings (SSSR count). The van der Waals surface area contributed by atoms with Gasteiger partial charge in [-0.25, -0.2) is 13.2 Å². The van der Waals surface area contributed by atoms with E-state index in [4.69, 9.17) is 9.15 Å². The lowest BCUT2D eigenvalue weighted by Crippen LogP contribution is -2.45. The Morgan fingerprint density at radius 2 is 2.12 bits per heavy atom. The molecule has 1 unspecified atom stereocenters. The first kappa shape index (κ1) is 19.0. The van der Waals surface area contributed by atoms with Gasteiger partial charge in [0.1, 0.15) is 0 Å². The van der Waals surface area contributed by atoms with E-state index in [1.54, 1.807) is 6.07 Å². The minimum atomic E-state index is -3.10. The van der Waals surface area contributed by atoms with Crippen LogP contribution in [0.4, 0.5) is 0 Å². The number of carbonyl (C=O) groups is 2. The lowest BCUT2D eigenvalue weighted by molar-refractivity contribution is -0.137. The average molecular weight is 422 g/mol. The summed E-state index contributed by atoms with van der Waals surface area (Å²) in [6, 6.07) is 2.63. The molecule has 1 atom stereocenters. The van der Waals surface area contributed by atoms with Crippen LogP contribution in [-0.2, 0) is 19.4 Å². The Morgan fingerprint density at radius 3 is 2.62 bits per heavy atom. The number of rotatable bonds is 6. The van der Waals surface area contributed by atoms with Crippen LogP contribution in [0.1, 0.15) is 30.8 Å². The van der Waals surface area contributed by atoms with E-state index in [1.807, 2.05) is 13.8 Å². The lowest BCUT2D eigenvalue weighted by atomic mass is 10.1. The molecule has 1 aromatic rings. The van der Waals surface area contributed by atoms with E-state index in [0.29, 0.717) is 17.6 Å². The van der Waals surface area contributed by atoms with Crippen LogP contribution in [0.15, 0.2) is 21.2 Å². The highest BCUT2D eigenvalue weighted by Gasteiger charge is 2.35. The van der Waals surface area contributed by atoms with Crippen molar-refractivity contribution in [3.8, 4) is 0 Å². The predicted molar refractivity (Wildman–Crippen MR) is 90.3 cm³/mol. The highest BCUT2D eigenvalue weighted by atomic mass is 79.9.